The Kier molecular flexibility index (Phi) is 6.85. The van der Waals surface area contributed by atoms with Gasteiger partial charge in [-0.05, 0) is 30.5 Å². The Morgan fingerprint density at radius 1 is 1.22 bits per heavy atom. The van der Waals surface area contributed by atoms with Crippen LogP contribution in [-0.2, 0) is 19.8 Å². The van der Waals surface area contributed by atoms with Gasteiger partial charge < -0.3 is 20.1 Å². The minimum Gasteiger partial charge on any atom is -0.381 e. The number of benzene rings is 1. The molecule has 2 N–H and O–H groups in total. The van der Waals surface area contributed by atoms with Gasteiger partial charge in [-0.3, -0.25) is 4.79 Å². The van der Waals surface area contributed by atoms with Gasteiger partial charge in [0.05, 0.1) is 12.1 Å². The first-order valence-corrected chi connectivity index (χ1v) is 8.47. The summed E-state index contributed by atoms with van der Waals surface area (Å²) < 4.78 is 12.1. The van der Waals surface area contributed by atoms with Crippen LogP contribution in [0.2, 0.25) is 0 Å². The molecule has 3 rings (SSSR count). The molecule has 5 nitrogen and oxygen atoms in total. The lowest BCUT2D eigenvalue weighted by Gasteiger charge is -2.39. The first-order valence-electron chi connectivity index (χ1n) is 7.68. The first-order chi connectivity index (χ1) is 10.7. The Morgan fingerprint density at radius 3 is 2.52 bits per heavy atom. The maximum Gasteiger partial charge on any atom is 0.251 e. The van der Waals surface area contributed by atoms with Crippen molar-refractivity contribution < 1.29 is 14.3 Å². The summed E-state index contributed by atoms with van der Waals surface area (Å²) in [6.07, 6.45) is 1.14. The summed E-state index contributed by atoms with van der Waals surface area (Å²) in [5.41, 5.74) is 0.757. The molecule has 23 heavy (non-hydrogen) atoms. The number of hydrogen-bond donors (Lipinski definition) is 2. The number of rotatable bonds is 3. The highest BCUT2D eigenvalue weighted by molar-refractivity contribution is 9.10. The van der Waals surface area contributed by atoms with E-state index in [-0.39, 0.29) is 23.9 Å². The van der Waals surface area contributed by atoms with E-state index in [9.17, 15) is 4.79 Å². The Balaban J connectivity index is 0.00000192. The number of morpholine rings is 1. The van der Waals surface area contributed by atoms with Crippen molar-refractivity contribution in [2.24, 2.45) is 0 Å². The third kappa shape index (κ3) is 4.45. The Labute approximate surface area is 151 Å². The van der Waals surface area contributed by atoms with Crippen molar-refractivity contribution in [3.05, 3.63) is 34.3 Å². The zero-order valence-corrected chi connectivity index (χ0v) is 15.2. The van der Waals surface area contributed by atoms with Gasteiger partial charge in [0.15, 0.2) is 0 Å². The molecule has 1 amide bonds. The van der Waals surface area contributed by atoms with Crippen LogP contribution >= 0.6 is 28.3 Å². The summed E-state index contributed by atoms with van der Waals surface area (Å²) in [5, 5.41) is 6.43. The van der Waals surface area contributed by atoms with Gasteiger partial charge in [0, 0.05) is 30.8 Å². The number of hydrogen-bond acceptors (Lipinski definition) is 4. The molecular weight excluding hydrogens is 384 g/mol. The van der Waals surface area contributed by atoms with Crippen LogP contribution in [-0.4, -0.2) is 44.9 Å². The normalized spacial score (nSPS) is 23.6. The SMILES string of the molecule is Cl.O=C(NC1(c2ccc(Br)cc2)CCOCC1)C1CNCCO1. The lowest BCUT2D eigenvalue weighted by molar-refractivity contribution is -0.137. The van der Waals surface area contributed by atoms with Gasteiger partial charge in [-0.2, -0.15) is 0 Å². The molecular formula is C16H22BrClN2O3. The number of carbonyl (C=O) groups is 1. The molecule has 0 aliphatic carbocycles. The number of halogens is 2. The molecule has 0 bridgehead atoms. The molecule has 1 unspecified atom stereocenters. The number of amides is 1. The Morgan fingerprint density at radius 2 is 1.91 bits per heavy atom. The lowest BCUT2D eigenvalue weighted by Crippen LogP contribution is -2.56. The molecule has 0 aromatic heterocycles. The van der Waals surface area contributed by atoms with Gasteiger partial charge in [0.25, 0.3) is 5.91 Å². The van der Waals surface area contributed by atoms with Crippen LogP contribution in [0, 0.1) is 0 Å². The van der Waals surface area contributed by atoms with Crippen LogP contribution in [0.1, 0.15) is 18.4 Å². The van der Waals surface area contributed by atoms with E-state index in [2.05, 4.69) is 38.7 Å². The van der Waals surface area contributed by atoms with Crippen molar-refractivity contribution in [2.45, 2.75) is 24.5 Å². The van der Waals surface area contributed by atoms with Crippen LogP contribution in [0.4, 0.5) is 0 Å². The highest BCUT2D eigenvalue weighted by Gasteiger charge is 2.38. The molecule has 0 saturated carbocycles. The summed E-state index contributed by atoms with van der Waals surface area (Å²) in [6.45, 7) is 3.25. The molecule has 2 fully saturated rings. The van der Waals surface area contributed by atoms with Gasteiger partial charge in [-0.15, -0.1) is 12.4 Å². The number of carbonyl (C=O) groups excluding carboxylic acids is 1. The fraction of sp³-hybridized carbons (Fsp3) is 0.562. The molecule has 2 aliphatic heterocycles. The van der Waals surface area contributed by atoms with E-state index in [0.29, 0.717) is 26.4 Å². The van der Waals surface area contributed by atoms with E-state index in [0.717, 1.165) is 29.4 Å². The predicted octanol–water partition coefficient (Wildman–Crippen LogP) is 1.98. The Bertz CT molecular complexity index is 515. The highest BCUT2D eigenvalue weighted by Crippen LogP contribution is 2.33. The summed E-state index contributed by atoms with van der Waals surface area (Å²) in [5.74, 6) is -0.0444. The van der Waals surface area contributed by atoms with Crippen molar-refractivity contribution in [2.75, 3.05) is 32.9 Å². The molecule has 2 saturated heterocycles. The van der Waals surface area contributed by atoms with Crippen molar-refractivity contribution in [3.63, 3.8) is 0 Å². The summed E-state index contributed by atoms with van der Waals surface area (Å²) in [7, 11) is 0. The molecule has 0 radical (unpaired) electrons. The van der Waals surface area contributed by atoms with E-state index >= 15 is 0 Å². The van der Waals surface area contributed by atoms with Gasteiger partial charge >= 0.3 is 0 Å². The topological polar surface area (TPSA) is 59.6 Å². The van der Waals surface area contributed by atoms with Crippen LogP contribution in [0.5, 0.6) is 0 Å². The second-order valence-corrected chi connectivity index (χ2v) is 6.67. The van der Waals surface area contributed by atoms with Crippen molar-refractivity contribution in [1.82, 2.24) is 10.6 Å². The summed E-state index contributed by atoms with van der Waals surface area (Å²) in [6, 6.07) is 8.15. The second kappa shape index (κ2) is 8.44. The largest absolute Gasteiger partial charge is 0.381 e. The van der Waals surface area contributed by atoms with Crippen LogP contribution in [0.15, 0.2) is 28.7 Å². The van der Waals surface area contributed by atoms with Gasteiger partial charge in [0.1, 0.15) is 6.10 Å². The predicted molar refractivity (Wildman–Crippen MR) is 93.9 cm³/mol. The van der Waals surface area contributed by atoms with E-state index in [4.69, 9.17) is 9.47 Å². The highest BCUT2D eigenvalue weighted by atomic mass is 79.9. The lowest BCUT2D eigenvalue weighted by atomic mass is 9.82. The molecule has 2 heterocycles. The van der Waals surface area contributed by atoms with E-state index in [1.54, 1.807) is 0 Å². The van der Waals surface area contributed by atoms with Crippen LogP contribution in [0.3, 0.4) is 0 Å². The number of ether oxygens (including phenoxy) is 2. The molecule has 7 heteroatoms. The zero-order chi connectivity index (χ0) is 15.4. The fourth-order valence-electron chi connectivity index (χ4n) is 3.02. The summed E-state index contributed by atoms with van der Waals surface area (Å²) >= 11 is 3.46. The summed E-state index contributed by atoms with van der Waals surface area (Å²) in [4.78, 5) is 12.6. The van der Waals surface area contributed by atoms with Crippen LogP contribution < -0.4 is 10.6 Å². The van der Waals surface area contributed by atoms with Gasteiger partial charge in [0.2, 0.25) is 0 Å². The van der Waals surface area contributed by atoms with Crippen LogP contribution in [0.25, 0.3) is 0 Å². The quantitative estimate of drug-likeness (QED) is 0.807. The Hall–Kier alpha value is -0.660. The number of nitrogens with one attached hydrogen (secondary N) is 2. The smallest absolute Gasteiger partial charge is 0.251 e. The first kappa shape index (κ1) is 18.7. The maximum atomic E-state index is 12.6. The average molecular weight is 406 g/mol. The van der Waals surface area contributed by atoms with Crippen molar-refractivity contribution in [1.29, 1.82) is 0 Å². The van der Waals surface area contributed by atoms with Gasteiger partial charge in [-0.25, -0.2) is 0 Å². The zero-order valence-electron chi connectivity index (χ0n) is 12.8. The van der Waals surface area contributed by atoms with Crippen molar-refractivity contribution >= 4 is 34.2 Å². The van der Waals surface area contributed by atoms with E-state index in [1.165, 1.54) is 0 Å². The average Bonchev–Trinajstić information content (AvgIpc) is 2.57. The molecule has 1 aromatic rings. The third-order valence-corrected chi connectivity index (χ3v) is 4.85. The molecule has 1 atom stereocenters. The fourth-order valence-corrected chi connectivity index (χ4v) is 3.29. The second-order valence-electron chi connectivity index (χ2n) is 5.75. The van der Waals surface area contributed by atoms with Crippen molar-refractivity contribution in [3.8, 4) is 0 Å². The maximum absolute atomic E-state index is 12.6. The standard InChI is InChI=1S/C16H21BrN2O3.ClH/c17-13-3-1-12(2-4-13)16(5-8-21-9-6-16)19-15(20)14-11-18-7-10-22-14;/h1-4,14,18H,5-11H2,(H,19,20);1H. The minimum atomic E-state index is -0.413. The molecule has 0 spiro atoms. The molecule has 1 aromatic carbocycles. The molecule has 128 valence electrons. The molecule has 2 aliphatic rings. The van der Waals surface area contributed by atoms with E-state index < -0.39 is 6.10 Å². The van der Waals surface area contributed by atoms with E-state index in [1.807, 2.05) is 12.1 Å². The third-order valence-electron chi connectivity index (χ3n) is 4.33. The monoisotopic (exact) mass is 404 g/mol. The minimum absolute atomic E-state index is 0. The van der Waals surface area contributed by atoms with Gasteiger partial charge in [-0.1, -0.05) is 28.1 Å².